The fraction of sp³-hybridized carbons (Fsp3) is 0.346. The second-order valence-corrected chi connectivity index (χ2v) is 9.35. The van der Waals surface area contributed by atoms with Gasteiger partial charge in [-0.3, -0.25) is 0 Å². The number of benzene rings is 2. The highest BCUT2D eigenvalue weighted by atomic mass is 16.3. The van der Waals surface area contributed by atoms with Crippen molar-refractivity contribution >= 4 is 27.8 Å². The monoisotopic (exact) mass is 382 g/mol. The number of aromatic nitrogens is 1. The molecule has 146 valence electrons. The van der Waals surface area contributed by atoms with Crippen LogP contribution in [0, 0.1) is 6.92 Å². The van der Waals surface area contributed by atoms with Gasteiger partial charge in [0, 0.05) is 28.4 Å². The number of furan rings is 1. The standard InChI is InChI=1S/C26H26N2O/c1-16-11-12-18-19-8-7-15-27-24(19)29-23(18)22(16)28-17(2)25(3)13-14-26(28,4)21-10-6-5-9-20(21)25/h5-12,15,17H,13-14H2,1-4H3/t17-,25?,26?/m0/s1. The Kier molecular flexibility index (Phi) is 3.19. The lowest BCUT2D eigenvalue weighted by molar-refractivity contribution is 0.166. The van der Waals surface area contributed by atoms with Gasteiger partial charge in [0.25, 0.3) is 0 Å². The fourth-order valence-corrected chi connectivity index (χ4v) is 6.12. The summed E-state index contributed by atoms with van der Waals surface area (Å²) in [4.78, 5) is 7.15. The van der Waals surface area contributed by atoms with Gasteiger partial charge in [-0.1, -0.05) is 43.3 Å². The quantitative estimate of drug-likeness (QED) is 0.378. The molecule has 2 aromatic heterocycles. The average molecular weight is 383 g/mol. The van der Waals surface area contributed by atoms with E-state index < -0.39 is 0 Å². The highest BCUT2D eigenvalue weighted by Crippen LogP contribution is 2.59. The number of pyridine rings is 1. The molecule has 1 saturated heterocycles. The smallest absolute Gasteiger partial charge is 0.227 e. The molecule has 4 heterocycles. The van der Waals surface area contributed by atoms with Crippen molar-refractivity contribution in [3.63, 3.8) is 0 Å². The van der Waals surface area contributed by atoms with Gasteiger partial charge >= 0.3 is 0 Å². The van der Waals surface area contributed by atoms with E-state index in [1.807, 2.05) is 6.07 Å². The SMILES string of the molecule is Cc1ccc2c(oc3ncccc32)c1N1[C@@H](C)C2(C)CCC1(C)c1ccccc12. The lowest BCUT2D eigenvalue weighted by Crippen LogP contribution is -2.65. The molecule has 1 aliphatic carbocycles. The fourth-order valence-electron chi connectivity index (χ4n) is 6.12. The van der Waals surface area contributed by atoms with Gasteiger partial charge in [-0.2, -0.15) is 0 Å². The van der Waals surface area contributed by atoms with E-state index in [1.165, 1.54) is 28.8 Å². The molecule has 3 nitrogen and oxygen atoms in total. The molecule has 2 aromatic carbocycles. The zero-order valence-electron chi connectivity index (χ0n) is 17.5. The predicted octanol–water partition coefficient (Wildman–Crippen LogP) is 6.46. The minimum atomic E-state index is -0.0424. The molecule has 3 atom stereocenters. The van der Waals surface area contributed by atoms with E-state index in [0.717, 1.165) is 28.5 Å². The lowest BCUT2D eigenvalue weighted by atomic mass is 9.56. The third kappa shape index (κ3) is 1.96. The summed E-state index contributed by atoms with van der Waals surface area (Å²) in [7, 11) is 0. The van der Waals surface area contributed by atoms with Crippen LogP contribution >= 0.6 is 0 Å². The van der Waals surface area contributed by atoms with Crippen LogP contribution in [-0.2, 0) is 11.0 Å². The average Bonchev–Trinajstić information content (AvgIpc) is 3.11. The summed E-state index contributed by atoms with van der Waals surface area (Å²) in [5.41, 5.74) is 7.27. The Hall–Kier alpha value is -2.81. The number of anilines is 1. The minimum Gasteiger partial charge on any atom is -0.436 e. The van der Waals surface area contributed by atoms with E-state index in [9.17, 15) is 0 Å². The summed E-state index contributed by atoms with van der Waals surface area (Å²) >= 11 is 0. The maximum Gasteiger partial charge on any atom is 0.227 e. The Morgan fingerprint density at radius 3 is 2.59 bits per heavy atom. The zero-order chi connectivity index (χ0) is 20.0. The lowest BCUT2D eigenvalue weighted by Gasteiger charge is -2.63. The summed E-state index contributed by atoms with van der Waals surface area (Å²) in [5, 5.41) is 2.25. The van der Waals surface area contributed by atoms with Crippen LogP contribution in [-0.4, -0.2) is 11.0 Å². The molecule has 0 spiro atoms. The van der Waals surface area contributed by atoms with Crippen molar-refractivity contribution in [2.24, 2.45) is 0 Å². The van der Waals surface area contributed by atoms with Gasteiger partial charge in [0.05, 0.1) is 11.2 Å². The highest BCUT2D eigenvalue weighted by Gasteiger charge is 2.56. The zero-order valence-corrected chi connectivity index (χ0v) is 17.5. The summed E-state index contributed by atoms with van der Waals surface area (Å²) in [6, 6.07) is 18.0. The Bertz CT molecular complexity index is 1290. The van der Waals surface area contributed by atoms with Gasteiger partial charge in [-0.25, -0.2) is 4.98 Å². The van der Waals surface area contributed by atoms with Crippen molar-refractivity contribution < 1.29 is 4.42 Å². The second-order valence-electron chi connectivity index (χ2n) is 9.35. The van der Waals surface area contributed by atoms with Gasteiger partial charge in [-0.05, 0) is 62.4 Å². The second kappa shape index (κ2) is 5.41. The number of nitrogens with zero attached hydrogens (tertiary/aromatic N) is 2. The molecule has 0 saturated carbocycles. The van der Waals surface area contributed by atoms with Crippen LogP contribution in [0.2, 0.25) is 0 Å². The summed E-state index contributed by atoms with van der Waals surface area (Å²) in [6.45, 7) is 9.46. The number of piperidine rings is 1. The summed E-state index contributed by atoms with van der Waals surface area (Å²) in [5.74, 6) is 0. The van der Waals surface area contributed by atoms with Crippen molar-refractivity contribution in [1.29, 1.82) is 0 Å². The maximum atomic E-state index is 6.39. The summed E-state index contributed by atoms with van der Waals surface area (Å²) in [6.07, 6.45) is 4.18. The minimum absolute atomic E-state index is 0.0424. The van der Waals surface area contributed by atoms with E-state index in [-0.39, 0.29) is 11.0 Å². The van der Waals surface area contributed by atoms with Crippen molar-refractivity contribution in [3.05, 3.63) is 71.4 Å². The van der Waals surface area contributed by atoms with E-state index >= 15 is 0 Å². The first kappa shape index (κ1) is 17.1. The number of hydrogen-bond acceptors (Lipinski definition) is 3. The number of hydrogen-bond donors (Lipinski definition) is 0. The largest absolute Gasteiger partial charge is 0.436 e. The van der Waals surface area contributed by atoms with Crippen LogP contribution in [0.15, 0.2) is 59.1 Å². The molecule has 4 aromatic rings. The summed E-state index contributed by atoms with van der Waals surface area (Å²) < 4.78 is 6.39. The molecule has 3 heteroatoms. The first-order chi connectivity index (χ1) is 13.9. The van der Waals surface area contributed by atoms with E-state index in [4.69, 9.17) is 4.42 Å². The molecule has 2 aliphatic heterocycles. The van der Waals surface area contributed by atoms with Crippen LogP contribution in [0.3, 0.4) is 0 Å². The van der Waals surface area contributed by atoms with Crippen LogP contribution < -0.4 is 4.90 Å². The van der Waals surface area contributed by atoms with E-state index in [2.05, 4.69) is 80.0 Å². The van der Waals surface area contributed by atoms with Crippen molar-refractivity contribution in [2.45, 2.75) is 57.5 Å². The van der Waals surface area contributed by atoms with Gasteiger partial charge in [0.15, 0.2) is 5.58 Å². The molecule has 2 bridgehead atoms. The van der Waals surface area contributed by atoms with Gasteiger partial charge in [-0.15, -0.1) is 0 Å². The van der Waals surface area contributed by atoms with E-state index in [1.54, 1.807) is 6.20 Å². The van der Waals surface area contributed by atoms with Crippen LogP contribution in [0.1, 0.15) is 50.3 Å². The molecule has 3 aliphatic rings. The molecule has 0 amide bonds. The van der Waals surface area contributed by atoms with Crippen LogP contribution in [0.25, 0.3) is 22.1 Å². The molecular formula is C26H26N2O. The van der Waals surface area contributed by atoms with Crippen LogP contribution in [0.4, 0.5) is 5.69 Å². The molecule has 0 N–H and O–H groups in total. The van der Waals surface area contributed by atoms with E-state index in [0.29, 0.717) is 6.04 Å². The molecule has 1 fully saturated rings. The molecule has 7 rings (SSSR count). The van der Waals surface area contributed by atoms with Crippen molar-refractivity contribution in [3.8, 4) is 0 Å². The number of fused-ring (bicyclic) bond motifs is 5. The normalized spacial score (nSPS) is 28.3. The Balaban J connectivity index is 1.69. The van der Waals surface area contributed by atoms with Crippen molar-refractivity contribution in [1.82, 2.24) is 4.98 Å². The number of aryl methyl sites for hydroxylation is 1. The highest BCUT2D eigenvalue weighted by molar-refractivity contribution is 6.08. The first-order valence-electron chi connectivity index (χ1n) is 10.6. The predicted molar refractivity (Wildman–Crippen MR) is 119 cm³/mol. The molecule has 0 radical (unpaired) electrons. The topological polar surface area (TPSA) is 29.3 Å². The van der Waals surface area contributed by atoms with Crippen molar-refractivity contribution in [2.75, 3.05) is 4.90 Å². The Labute approximate surface area is 171 Å². The van der Waals surface area contributed by atoms with Gasteiger partial charge < -0.3 is 9.32 Å². The van der Waals surface area contributed by atoms with Gasteiger partial charge in [0.1, 0.15) is 0 Å². The molecular weight excluding hydrogens is 356 g/mol. The van der Waals surface area contributed by atoms with Crippen LogP contribution in [0.5, 0.6) is 0 Å². The Morgan fingerprint density at radius 1 is 0.966 bits per heavy atom. The van der Waals surface area contributed by atoms with Gasteiger partial charge in [0.2, 0.25) is 5.71 Å². The first-order valence-corrected chi connectivity index (χ1v) is 10.6. The third-order valence-electron chi connectivity index (χ3n) is 7.93. The maximum absolute atomic E-state index is 6.39. The number of rotatable bonds is 1. The molecule has 2 unspecified atom stereocenters. The molecule has 29 heavy (non-hydrogen) atoms. The third-order valence-corrected chi connectivity index (χ3v) is 7.93. The Morgan fingerprint density at radius 2 is 1.76 bits per heavy atom.